The van der Waals surface area contributed by atoms with Crippen LogP contribution in [0.2, 0.25) is 0 Å². The fraction of sp³-hybridized carbons (Fsp3) is 0.727. The molecule has 1 rings (SSSR count). The maximum Gasteiger partial charge on any atom is 0.0726 e. The van der Waals surface area contributed by atoms with Crippen LogP contribution in [-0.4, -0.2) is 28.0 Å². The molecule has 0 aliphatic heterocycles. The Morgan fingerprint density at radius 2 is 2.20 bits per heavy atom. The summed E-state index contributed by atoms with van der Waals surface area (Å²) in [6, 6.07) is 0. The first-order valence-corrected chi connectivity index (χ1v) is 5.67. The van der Waals surface area contributed by atoms with E-state index < -0.39 is 0 Å². The number of aromatic nitrogens is 2. The van der Waals surface area contributed by atoms with Gasteiger partial charge in [0.1, 0.15) is 0 Å². The van der Waals surface area contributed by atoms with Crippen molar-refractivity contribution < 1.29 is 5.11 Å². The fourth-order valence-corrected chi connectivity index (χ4v) is 1.52. The minimum absolute atomic E-state index is 0.133. The number of hydrogen-bond donors (Lipinski definition) is 2. The van der Waals surface area contributed by atoms with Crippen molar-refractivity contribution >= 4 is 5.69 Å². The van der Waals surface area contributed by atoms with Crippen molar-refractivity contribution in [1.29, 1.82) is 0 Å². The highest BCUT2D eigenvalue weighted by Crippen LogP contribution is 2.10. The zero-order chi connectivity index (χ0) is 11.1. The first-order valence-electron chi connectivity index (χ1n) is 5.67. The Balaban J connectivity index is 2.36. The Labute approximate surface area is 91.3 Å². The van der Waals surface area contributed by atoms with E-state index in [4.69, 9.17) is 5.11 Å². The van der Waals surface area contributed by atoms with E-state index >= 15 is 0 Å². The molecule has 4 heteroatoms. The molecule has 0 radical (unpaired) electrons. The molecule has 0 unspecified atom stereocenters. The molecule has 0 fully saturated rings. The van der Waals surface area contributed by atoms with Crippen molar-refractivity contribution in [2.45, 2.75) is 33.2 Å². The van der Waals surface area contributed by atoms with Gasteiger partial charge in [0, 0.05) is 12.7 Å². The van der Waals surface area contributed by atoms with E-state index in [-0.39, 0.29) is 6.61 Å². The lowest BCUT2D eigenvalue weighted by atomic mass is 10.0. The molecule has 0 aromatic carbocycles. The van der Waals surface area contributed by atoms with Crippen LogP contribution in [0.4, 0.5) is 5.69 Å². The number of anilines is 1. The topological polar surface area (TPSA) is 50.1 Å². The van der Waals surface area contributed by atoms with E-state index in [2.05, 4.69) is 24.3 Å². The van der Waals surface area contributed by atoms with Gasteiger partial charge in [-0.25, -0.2) is 0 Å². The second-order valence-corrected chi connectivity index (χ2v) is 3.78. The largest absolute Gasteiger partial charge is 0.394 e. The van der Waals surface area contributed by atoms with Crippen LogP contribution in [0, 0.1) is 5.92 Å². The van der Waals surface area contributed by atoms with Gasteiger partial charge in [-0.1, -0.05) is 26.7 Å². The van der Waals surface area contributed by atoms with Gasteiger partial charge in [0.25, 0.3) is 0 Å². The average molecular weight is 211 g/mol. The SMILES string of the molecule is CCC(CC)CNc1cnn(CCO)c1. The predicted octanol–water partition coefficient (Wildman–Crippen LogP) is 1.72. The van der Waals surface area contributed by atoms with Crippen molar-refractivity contribution in [3.63, 3.8) is 0 Å². The van der Waals surface area contributed by atoms with Crippen LogP contribution in [0.5, 0.6) is 0 Å². The number of nitrogens with one attached hydrogen (secondary N) is 1. The monoisotopic (exact) mass is 211 g/mol. The van der Waals surface area contributed by atoms with Gasteiger partial charge in [-0.3, -0.25) is 4.68 Å². The van der Waals surface area contributed by atoms with Gasteiger partial charge in [0.2, 0.25) is 0 Å². The van der Waals surface area contributed by atoms with Crippen molar-refractivity contribution in [1.82, 2.24) is 9.78 Å². The summed E-state index contributed by atoms with van der Waals surface area (Å²) >= 11 is 0. The first kappa shape index (κ1) is 12.0. The molecular weight excluding hydrogens is 190 g/mol. The van der Waals surface area contributed by atoms with E-state index in [9.17, 15) is 0 Å². The second-order valence-electron chi connectivity index (χ2n) is 3.78. The summed E-state index contributed by atoms with van der Waals surface area (Å²) in [6.07, 6.45) is 6.14. The van der Waals surface area contributed by atoms with Gasteiger partial charge >= 0.3 is 0 Å². The molecule has 0 aliphatic rings. The summed E-state index contributed by atoms with van der Waals surface area (Å²) in [7, 11) is 0. The van der Waals surface area contributed by atoms with E-state index in [1.807, 2.05) is 6.20 Å². The molecule has 0 spiro atoms. The summed E-state index contributed by atoms with van der Waals surface area (Å²) in [5, 5.41) is 16.2. The number of aliphatic hydroxyl groups is 1. The van der Waals surface area contributed by atoms with Crippen molar-refractivity contribution in [3.8, 4) is 0 Å². The Bertz CT molecular complexity index is 269. The van der Waals surface area contributed by atoms with E-state index in [1.54, 1.807) is 10.9 Å². The maximum atomic E-state index is 8.74. The summed E-state index contributed by atoms with van der Waals surface area (Å²) < 4.78 is 1.75. The van der Waals surface area contributed by atoms with Gasteiger partial charge < -0.3 is 10.4 Å². The molecule has 0 aliphatic carbocycles. The van der Waals surface area contributed by atoms with Crippen LogP contribution < -0.4 is 5.32 Å². The first-order chi connectivity index (χ1) is 7.30. The minimum atomic E-state index is 0.133. The molecule has 86 valence electrons. The second kappa shape index (κ2) is 6.45. The van der Waals surface area contributed by atoms with Gasteiger partial charge in [0.05, 0.1) is 25.0 Å². The highest BCUT2D eigenvalue weighted by atomic mass is 16.3. The molecule has 4 nitrogen and oxygen atoms in total. The van der Waals surface area contributed by atoms with E-state index in [0.717, 1.165) is 18.2 Å². The van der Waals surface area contributed by atoms with Crippen LogP contribution >= 0.6 is 0 Å². The minimum Gasteiger partial charge on any atom is -0.394 e. The average Bonchev–Trinajstić information content (AvgIpc) is 2.68. The molecular formula is C11H21N3O. The third-order valence-corrected chi connectivity index (χ3v) is 2.71. The fourth-order valence-electron chi connectivity index (χ4n) is 1.52. The molecule has 15 heavy (non-hydrogen) atoms. The zero-order valence-corrected chi connectivity index (χ0v) is 9.61. The zero-order valence-electron chi connectivity index (χ0n) is 9.61. The molecule has 0 saturated heterocycles. The van der Waals surface area contributed by atoms with Crippen LogP contribution in [-0.2, 0) is 6.54 Å². The normalized spacial score (nSPS) is 10.9. The molecule has 0 amide bonds. The van der Waals surface area contributed by atoms with Gasteiger partial charge in [-0.05, 0) is 5.92 Å². The Morgan fingerprint density at radius 1 is 1.47 bits per heavy atom. The standard InChI is InChI=1S/C11H21N3O/c1-3-10(4-2)7-12-11-8-13-14(9-11)5-6-15/h8-10,12,15H,3-7H2,1-2H3. The van der Waals surface area contributed by atoms with Crippen LogP contribution in [0.15, 0.2) is 12.4 Å². The number of hydrogen-bond acceptors (Lipinski definition) is 3. The van der Waals surface area contributed by atoms with Crippen molar-refractivity contribution in [3.05, 3.63) is 12.4 Å². The van der Waals surface area contributed by atoms with Crippen LogP contribution in [0.25, 0.3) is 0 Å². The molecule has 2 N–H and O–H groups in total. The maximum absolute atomic E-state index is 8.74. The predicted molar refractivity (Wildman–Crippen MR) is 61.9 cm³/mol. The molecule has 1 aromatic rings. The summed E-state index contributed by atoms with van der Waals surface area (Å²) in [5.74, 6) is 0.728. The quantitative estimate of drug-likeness (QED) is 0.722. The molecule has 0 bridgehead atoms. The van der Waals surface area contributed by atoms with E-state index in [1.165, 1.54) is 12.8 Å². The van der Waals surface area contributed by atoms with Gasteiger partial charge in [0.15, 0.2) is 0 Å². The highest BCUT2D eigenvalue weighted by Gasteiger charge is 2.03. The summed E-state index contributed by atoms with van der Waals surface area (Å²) in [4.78, 5) is 0. The third kappa shape index (κ3) is 3.91. The lowest BCUT2D eigenvalue weighted by Gasteiger charge is -2.12. The number of nitrogens with zero attached hydrogens (tertiary/aromatic N) is 2. The van der Waals surface area contributed by atoms with Crippen LogP contribution in [0.1, 0.15) is 26.7 Å². The number of aliphatic hydroxyl groups excluding tert-OH is 1. The van der Waals surface area contributed by atoms with Crippen molar-refractivity contribution in [2.24, 2.45) is 5.92 Å². The Kier molecular flexibility index (Phi) is 5.18. The summed E-state index contributed by atoms with van der Waals surface area (Å²) in [5.41, 5.74) is 1.04. The molecule has 0 atom stereocenters. The molecule has 1 heterocycles. The smallest absolute Gasteiger partial charge is 0.0726 e. The lowest BCUT2D eigenvalue weighted by Crippen LogP contribution is -2.12. The Hall–Kier alpha value is -1.03. The van der Waals surface area contributed by atoms with Gasteiger partial charge in [-0.15, -0.1) is 0 Å². The van der Waals surface area contributed by atoms with Crippen molar-refractivity contribution in [2.75, 3.05) is 18.5 Å². The summed E-state index contributed by atoms with van der Waals surface area (Å²) in [6.45, 7) is 6.12. The number of rotatable bonds is 7. The third-order valence-electron chi connectivity index (χ3n) is 2.71. The van der Waals surface area contributed by atoms with Crippen LogP contribution in [0.3, 0.4) is 0 Å². The Morgan fingerprint density at radius 3 is 2.80 bits per heavy atom. The molecule has 0 saturated carbocycles. The molecule has 1 aromatic heterocycles. The lowest BCUT2D eigenvalue weighted by molar-refractivity contribution is 0.269. The highest BCUT2D eigenvalue weighted by molar-refractivity contribution is 5.37. The van der Waals surface area contributed by atoms with E-state index in [0.29, 0.717) is 6.54 Å². The van der Waals surface area contributed by atoms with Gasteiger partial charge in [-0.2, -0.15) is 5.10 Å².